The molecule has 0 aliphatic heterocycles. The zero-order valence-corrected chi connectivity index (χ0v) is 4.75. The van der Waals surface area contributed by atoms with Gasteiger partial charge >= 0.3 is 0 Å². The second-order valence-electron chi connectivity index (χ2n) is 0.290. The number of rotatable bonds is 0. The normalized spacial score (nSPS) is 6.50. The van der Waals surface area contributed by atoms with Crippen molar-refractivity contribution in [1.29, 1.82) is 0 Å². The van der Waals surface area contributed by atoms with Crippen molar-refractivity contribution in [3.63, 3.8) is 0 Å². The molecule has 0 atom stereocenters. The predicted molar refractivity (Wildman–Crippen MR) is 27.7 cm³/mol. The maximum Gasteiger partial charge on any atom is 0.0789 e. The van der Waals surface area contributed by atoms with Crippen molar-refractivity contribution < 1.29 is 0 Å². The van der Waals surface area contributed by atoms with Crippen LogP contribution in [0.4, 0.5) is 0 Å². The minimum absolute atomic E-state index is 0.359. The molecule has 0 saturated heterocycles. The summed E-state index contributed by atoms with van der Waals surface area (Å²) in [5.41, 5.74) is 0. The first kappa shape index (κ1) is 4.76. The van der Waals surface area contributed by atoms with E-state index < -0.39 is 0 Å². The van der Waals surface area contributed by atoms with Crippen molar-refractivity contribution in [1.82, 2.24) is 0 Å². The van der Waals surface area contributed by atoms with Crippen LogP contribution in [0.1, 0.15) is 0 Å². The largest absolute Gasteiger partial charge is 0.0789 e. The van der Waals surface area contributed by atoms with Crippen molar-refractivity contribution in [3.05, 3.63) is 9.62 Å². The first-order chi connectivity index (χ1) is 1.73. The highest BCUT2D eigenvalue weighted by atomic mass is 127. The second-order valence-corrected chi connectivity index (χ2v) is 2.50. The van der Waals surface area contributed by atoms with Gasteiger partial charge < -0.3 is 0 Å². The molecule has 0 saturated carbocycles. The Kier molecular flexibility index (Phi) is 2.41. The van der Waals surface area contributed by atoms with Gasteiger partial charge in [-0.3, -0.25) is 0 Å². The summed E-state index contributed by atoms with van der Waals surface area (Å²) in [7, 11) is 0. The fraction of sp³-hybridized carbons (Fsp3) is 0. The molecular formula is C2HClI. The first-order valence-corrected chi connectivity index (χ1v) is 2.12. The Morgan fingerprint density at radius 2 is 2.00 bits per heavy atom. The van der Waals surface area contributed by atoms with Gasteiger partial charge in [-0.05, 0) is 29.2 Å². The summed E-state index contributed by atoms with van der Waals surface area (Å²) >= 11 is 6.76. The molecule has 0 unspecified atom stereocenters. The van der Waals surface area contributed by atoms with Gasteiger partial charge in [0.05, 0.1) is 3.04 Å². The van der Waals surface area contributed by atoms with E-state index in [2.05, 4.69) is 0 Å². The predicted octanol–water partition coefficient (Wildman–Crippen LogP) is 1.93. The summed E-state index contributed by atoms with van der Waals surface area (Å²) in [6.07, 6.45) is 0. The number of hydrogen-bond acceptors (Lipinski definition) is 0. The van der Waals surface area contributed by atoms with Crippen LogP contribution in [0.5, 0.6) is 0 Å². The zero-order valence-electron chi connectivity index (χ0n) is 1.83. The Balaban J connectivity index is 2.80. The van der Waals surface area contributed by atoms with E-state index in [1.807, 2.05) is 0 Å². The molecule has 0 amide bonds. The summed E-state index contributed by atoms with van der Waals surface area (Å²) in [5.74, 6) is 0. The number of hydrogen-bond donors (Lipinski definition) is 0. The molecule has 23 valence electrons. The van der Waals surface area contributed by atoms with Crippen LogP contribution in [0.2, 0.25) is 0 Å². The third kappa shape index (κ3) is 14.8. The Labute approximate surface area is 44.0 Å². The molecule has 0 aromatic carbocycles. The monoisotopic (exact) mass is 187 g/mol. The van der Waals surface area contributed by atoms with Crippen molar-refractivity contribution in [2.45, 2.75) is 0 Å². The molecule has 0 aliphatic rings. The summed E-state index contributed by atoms with van der Waals surface area (Å²) < 4.78 is 0.359. The highest BCUT2D eigenvalue weighted by molar-refractivity contribution is 14.1. The van der Waals surface area contributed by atoms with Gasteiger partial charge in [0.25, 0.3) is 0 Å². The third-order valence-corrected chi connectivity index (χ3v) is 0. The van der Waals surface area contributed by atoms with Gasteiger partial charge in [0.15, 0.2) is 0 Å². The smallest absolute Gasteiger partial charge is 0.0772 e. The van der Waals surface area contributed by atoms with Crippen molar-refractivity contribution in [2.24, 2.45) is 0 Å². The average molecular weight is 187 g/mol. The first-order valence-electron chi connectivity index (χ1n) is 0.667. The van der Waals surface area contributed by atoms with Crippen LogP contribution < -0.4 is 0 Å². The van der Waals surface area contributed by atoms with Crippen LogP contribution in [0.3, 0.4) is 0 Å². The lowest BCUT2D eigenvalue weighted by molar-refractivity contribution is 2.48. The minimum Gasteiger partial charge on any atom is -0.0772 e. The average Bonchev–Trinajstić information content (AvgIpc) is 0.811. The van der Waals surface area contributed by atoms with E-state index >= 15 is 0 Å². The summed E-state index contributed by atoms with van der Waals surface area (Å²) in [6, 6.07) is 0. The molecule has 0 heterocycles. The summed E-state index contributed by atoms with van der Waals surface area (Å²) in [5, 5.41) is 0. The van der Waals surface area contributed by atoms with E-state index in [1.165, 1.54) is 0 Å². The van der Waals surface area contributed by atoms with Crippen molar-refractivity contribution in [2.75, 3.05) is 0 Å². The van der Waals surface area contributed by atoms with E-state index in [0.29, 0.717) is 3.04 Å². The van der Waals surface area contributed by atoms with E-state index in [1.54, 1.807) is 22.6 Å². The Morgan fingerprint density at radius 3 is 2.00 bits per heavy atom. The standard InChI is InChI=1S/C2HClI/c1-2(3)4/h1H. The lowest BCUT2D eigenvalue weighted by atomic mass is 11.3. The van der Waals surface area contributed by atoms with E-state index in [-0.39, 0.29) is 0 Å². The molecule has 0 bridgehead atoms. The molecule has 1 radical (unpaired) electrons. The van der Waals surface area contributed by atoms with Gasteiger partial charge in [0.2, 0.25) is 0 Å². The third-order valence-electron chi connectivity index (χ3n) is 0. The lowest BCUT2D eigenvalue weighted by Crippen LogP contribution is -1.22. The minimum atomic E-state index is 0.359. The molecule has 2 heteroatoms. The topological polar surface area (TPSA) is 0 Å². The van der Waals surface area contributed by atoms with Gasteiger partial charge in [-0.15, -0.1) is 0 Å². The van der Waals surface area contributed by atoms with Gasteiger partial charge in [0.1, 0.15) is 0 Å². The molecule has 0 nitrogen and oxygen atoms in total. The van der Waals surface area contributed by atoms with Gasteiger partial charge in [-0.2, -0.15) is 0 Å². The Morgan fingerprint density at radius 1 is 2.00 bits per heavy atom. The van der Waals surface area contributed by atoms with Crippen LogP contribution in [0, 0.1) is 6.58 Å². The fourth-order valence-electron chi connectivity index (χ4n) is 0. The van der Waals surface area contributed by atoms with Crippen LogP contribution in [0.15, 0.2) is 3.04 Å². The van der Waals surface area contributed by atoms with Crippen LogP contribution in [-0.2, 0) is 0 Å². The van der Waals surface area contributed by atoms with Crippen LogP contribution >= 0.6 is 34.2 Å². The highest BCUT2D eigenvalue weighted by Crippen LogP contribution is 2.03. The van der Waals surface area contributed by atoms with E-state index in [0.717, 1.165) is 0 Å². The molecule has 0 aromatic rings. The van der Waals surface area contributed by atoms with Gasteiger partial charge in [0, 0.05) is 0 Å². The molecule has 0 fully saturated rings. The van der Waals surface area contributed by atoms with Crippen molar-refractivity contribution >= 4 is 34.2 Å². The molecule has 0 spiro atoms. The fourth-order valence-corrected chi connectivity index (χ4v) is 0. The zero-order chi connectivity index (χ0) is 3.58. The SMILES string of the molecule is [CH]=C(Cl)I. The highest BCUT2D eigenvalue weighted by Gasteiger charge is 1.60. The molecule has 4 heavy (non-hydrogen) atoms. The molecule has 0 N–H and O–H groups in total. The molecule has 0 aromatic heterocycles. The van der Waals surface area contributed by atoms with Crippen LogP contribution in [-0.4, -0.2) is 0 Å². The van der Waals surface area contributed by atoms with Gasteiger partial charge in [-0.1, -0.05) is 11.6 Å². The van der Waals surface area contributed by atoms with E-state index in [4.69, 9.17) is 18.2 Å². The summed E-state index contributed by atoms with van der Waals surface area (Å²) in [4.78, 5) is 0. The Hall–Kier alpha value is 0.760. The molecular weight excluding hydrogens is 186 g/mol. The van der Waals surface area contributed by atoms with E-state index in [9.17, 15) is 0 Å². The lowest BCUT2D eigenvalue weighted by Gasteiger charge is -1.57. The maximum absolute atomic E-state index is 4.96. The summed E-state index contributed by atoms with van der Waals surface area (Å²) in [6.45, 7) is 4.78. The maximum atomic E-state index is 4.96. The number of halogens is 2. The molecule has 0 rings (SSSR count). The second kappa shape index (κ2) is 2.03. The quantitative estimate of drug-likeness (QED) is 0.508. The van der Waals surface area contributed by atoms with Gasteiger partial charge in [-0.25, -0.2) is 0 Å². The van der Waals surface area contributed by atoms with Crippen molar-refractivity contribution in [3.8, 4) is 0 Å². The Bertz CT molecular complexity index is 29.0. The van der Waals surface area contributed by atoms with Crippen LogP contribution in [0.25, 0.3) is 0 Å². The molecule has 0 aliphatic carbocycles.